The first-order chi connectivity index (χ1) is 6.25. The van der Waals surface area contributed by atoms with E-state index in [0.29, 0.717) is 11.4 Å². The molecule has 0 aliphatic heterocycles. The van der Waals surface area contributed by atoms with Crippen LogP contribution in [0, 0.1) is 6.92 Å². The van der Waals surface area contributed by atoms with E-state index in [4.69, 9.17) is 11.6 Å². The third-order valence-electron chi connectivity index (χ3n) is 2.46. The molecule has 2 nitrogen and oxygen atoms in total. The van der Waals surface area contributed by atoms with Crippen molar-refractivity contribution in [2.75, 3.05) is 5.32 Å². The van der Waals surface area contributed by atoms with Crippen molar-refractivity contribution >= 4 is 17.3 Å². The Morgan fingerprint density at radius 1 is 1.54 bits per heavy atom. The van der Waals surface area contributed by atoms with Gasteiger partial charge in [0.2, 0.25) is 0 Å². The van der Waals surface area contributed by atoms with Crippen molar-refractivity contribution < 1.29 is 0 Å². The van der Waals surface area contributed by atoms with Crippen LogP contribution in [0.25, 0.3) is 0 Å². The van der Waals surface area contributed by atoms with Crippen molar-refractivity contribution in [1.82, 2.24) is 4.98 Å². The number of pyridine rings is 1. The number of alkyl halides is 1. The zero-order chi connectivity index (χ0) is 9.26. The van der Waals surface area contributed by atoms with Crippen molar-refractivity contribution in [3.8, 4) is 0 Å². The second-order valence-electron chi connectivity index (χ2n) is 3.60. The van der Waals surface area contributed by atoms with Crippen molar-refractivity contribution in [1.29, 1.82) is 0 Å². The summed E-state index contributed by atoms with van der Waals surface area (Å²) >= 11 is 5.90. The highest BCUT2D eigenvalue weighted by Gasteiger charge is 2.26. The lowest BCUT2D eigenvalue weighted by Crippen LogP contribution is -2.36. The number of anilines is 1. The summed E-state index contributed by atoms with van der Waals surface area (Å²) in [6.07, 6.45) is 5.83. The number of nitrogens with one attached hydrogen (secondary N) is 1. The lowest BCUT2D eigenvalue weighted by atomic mass is 9.92. The van der Waals surface area contributed by atoms with Gasteiger partial charge in [0, 0.05) is 29.5 Å². The molecule has 1 saturated carbocycles. The summed E-state index contributed by atoms with van der Waals surface area (Å²) in [5.74, 6) is 0. The quantitative estimate of drug-likeness (QED) is 0.736. The van der Waals surface area contributed by atoms with Crippen molar-refractivity contribution in [2.24, 2.45) is 0 Å². The van der Waals surface area contributed by atoms with Gasteiger partial charge in [0.1, 0.15) is 0 Å². The van der Waals surface area contributed by atoms with Crippen LogP contribution < -0.4 is 5.32 Å². The lowest BCUT2D eigenvalue weighted by Gasteiger charge is -2.32. The van der Waals surface area contributed by atoms with Crippen LogP contribution >= 0.6 is 11.6 Å². The number of aryl methyl sites for hydroxylation is 1. The minimum Gasteiger partial charge on any atom is -0.382 e. The van der Waals surface area contributed by atoms with Crippen molar-refractivity contribution in [3.05, 3.63) is 24.0 Å². The molecule has 1 fully saturated rings. The van der Waals surface area contributed by atoms with Gasteiger partial charge in [-0.25, -0.2) is 0 Å². The minimum absolute atomic E-state index is 0.375. The number of hydrogen-bond acceptors (Lipinski definition) is 2. The first-order valence-electron chi connectivity index (χ1n) is 4.57. The molecule has 70 valence electrons. The fraction of sp³-hybridized carbons (Fsp3) is 0.500. The highest BCUT2D eigenvalue weighted by atomic mass is 35.5. The molecule has 1 aromatic heterocycles. The third-order valence-corrected chi connectivity index (χ3v) is 2.82. The van der Waals surface area contributed by atoms with Crippen LogP contribution in [-0.4, -0.2) is 16.4 Å². The van der Waals surface area contributed by atoms with E-state index in [1.807, 2.05) is 18.5 Å². The molecule has 1 aliphatic rings. The predicted molar refractivity (Wildman–Crippen MR) is 55.3 cm³/mol. The molecule has 0 spiro atoms. The third kappa shape index (κ3) is 1.94. The average molecular weight is 197 g/mol. The topological polar surface area (TPSA) is 24.9 Å². The molecule has 1 aliphatic carbocycles. The van der Waals surface area contributed by atoms with Gasteiger partial charge in [-0.2, -0.15) is 0 Å². The number of hydrogen-bond donors (Lipinski definition) is 1. The summed E-state index contributed by atoms with van der Waals surface area (Å²) in [5, 5.41) is 3.83. The normalized spacial score (nSPS) is 26.6. The zero-order valence-electron chi connectivity index (χ0n) is 7.63. The van der Waals surface area contributed by atoms with Crippen molar-refractivity contribution in [2.45, 2.75) is 31.2 Å². The molecule has 1 heterocycles. The van der Waals surface area contributed by atoms with Crippen LogP contribution in [0.3, 0.4) is 0 Å². The molecule has 0 atom stereocenters. The van der Waals surface area contributed by atoms with E-state index in [1.54, 1.807) is 0 Å². The van der Waals surface area contributed by atoms with Crippen LogP contribution in [-0.2, 0) is 0 Å². The number of rotatable bonds is 2. The summed E-state index contributed by atoms with van der Waals surface area (Å²) in [5.41, 5.74) is 2.38. The minimum atomic E-state index is 0.375. The van der Waals surface area contributed by atoms with Gasteiger partial charge in [0.25, 0.3) is 0 Å². The molecule has 0 amide bonds. The summed E-state index contributed by atoms with van der Waals surface area (Å²) in [7, 11) is 0. The van der Waals surface area contributed by atoms with Crippen molar-refractivity contribution in [3.63, 3.8) is 0 Å². The number of aromatic nitrogens is 1. The first-order valence-corrected chi connectivity index (χ1v) is 5.00. The fourth-order valence-electron chi connectivity index (χ4n) is 1.52. The SMILES string of the molecule is Cc1cnccc1NC1CC(Cl)C1. The van der Waals surface area contributed by atoms with Crippen LogP contribution in [0.5, 0.6) is 0 Å². The zero-order valence-corrected chi connectivity index (χ0v) is 8.38. The van der Waals surface area contributed by atoms with Gasteiger partial charge in [0.05, 0.1) is 0 Å². The first kappa shape index (κ1) is 8.82. The highest BCUT2D eigenvalue weighted by Crippen LogP contribution is 2.29. The van der Waals surface area contributed by atoms with E-state index in [2.05, 4.69) is 17.2 Å². The Labute approximate surface area is 83.3 Å². The Kier molecular flexibility index (Phi) is 2.40. The predicted octanol–water partition coefficient (Wildman–Crippen LogP) is 2.57. The molecule has 1 N–H and O–H groups in total. The maximum atomic E-state index is 5.90. The maximum absolute atomic E-state index is 5.90. The molecule has 0 bridgehead atoms. The standard InChI is InChI=1S/C10H13ClN2/c1-7-6-12-3-2-10(7)13-9-4-8(11)5-9/h2-3,6,8-9H,4-5H2,1H3,(H,12,13). The van der Waals surface area contributed by atoms with Gasteiger partial charge >= 0.3 is 0 Å². The Morgan fingerprint density at radius 3 is 2.92 bits per heavy atom. The summed E-state index contributed by atoms with van der Waals surface area (Å²) in [6.45, 7) is 2.06. The molecule has 13 heavy (non-hydrogen) atoms. The number of nitrogens with zero attached hydrogens (tertiary/aromatic N) is 1. The van der Waals surface area contributed by atoms with Crippen LogP contribution in [0.1, 0.15) is 18.4 Å². The average Bonchev–Trinajstić information content (AvgIpc) is 2.06. The van der Waals surface area contributed by atoms with Crippen LogP contribution in [0.2, 0.25) is 0 Å². The Bertz CT molecular complexity index is 295. The van der Waals surface area contributed by atoms with Gasteiger partial charge in [-0.05, 0) is 31.4 Å². The van der Waals surface area contributed by atoms with E-state index in [1.165, 1.54) is 11.3 Å². The van der Waals surface area contributed by atoms with Gasteiger partial charge in [-0.1, -0.05) is 0 Å². The molecular weight excluding hydrogens is 184 g/mol. The molecule has 0 aromatic carbocycles. The van der Waals surface area contributed by atoms with Gasteiger partial charge in [-0.15, -0.1) is 11.6 Å². The summed E-state index contributed by atoms with van der Waals surface area (Å²) in [6, 6.07) is 2.57. The van der Waals surface area contributed by atoms with E-state index < -0.39 is 0 Å². The van der Waals surface area contributed by atoms with Crippen LogP contribution in [0.4, 0.5) is 5.69 Å². The Balaban J connectivity index is 1.98. The summed E-state index contributed by atoms with van der Waals surface area (Å²) < 4.78 is 0. The monoisotopic (exact) mass is 196 g/mol. The number of halogens is 1. The second kappa shape index (κ2) is 3.54. The van der Waals surface area contributed by atoms with Crippen LogP contribution in [0.15, 0.2) is 18.5 Å². The largest absolute Gasteiger partial charge is 0.382 e. The lowest BCUT2D eigenvalue weighted by molar-refractivity contribution is 0.454. The van der Waals surface area contributed by atoms with E-state index in [9.17, 15) is 0 Å². The van der Waals surface area contributed by atoms with Gasteiger partial charge in [-0.3, -0.25) is 4.98 Å². The van der Waals surface area contributed by atoms with Gasteiger partial charge in [0.15, 0.2) is 0 Å². The van der Waals surface area contributed by atoms with E-state index in [-0.39, 0.29) is 0 Å². The molecule has 2 rings (SSSR count). The van der Waals surface area contributed by atoms with E-state index >= 15 is 0 Å². The smallest absolute Gasteiger partial charge is 0.0402 e. The molecular formula is C10H13ClN2. The molecule has 0 unspecified atom stereocenters. The van der Waals surface area contributed by atoms with E-state index in [0.717, 1.165) is 12.8 Å². The molecule has 3 heteroatoms. The highest BCUT2D eigenvalue weighted by molar-refractivity contribution is 6.21. The molecule has 0 radical (unpaired) electrons. The molecule has 1 aromatic rings. The second-order valence-corrected chi connectivity index (χ2v) is 4.22. The Morgan fingerprint density at radius 2 is 2.31 bits per heavy atom. The Hall–Kier alpha value is -0.760. The fourth-order valence-corrected chi connectivity index (χ4v) is 1.95. The summed E-state index contributed by atoms with van der Waals surface area (Å²) in [4.78, 5) is 4.04. The van der Waals surface area contributed by atoms with Gasteiger partial charge < -0.3 is 5.32 Å². The maximum Gasteiger partial charge on any atom is 0.0402 e. The molecule has 0 saturated heterocycles.